The van der Waals surface area contributed by atoms with Crippen molar-refractivity contribution in [3.63, 3.8) is 0 Å². The zero-order chi connectivity index (χ0) is 24.3. The van der Waals surface area contributed by atoms with Gasteiger partial charge in [0, 0.05) is 10.9 Å². The molecule has 0 saturated carbocycles. The lowest BCUT2D eigenvalue weighted by atomic mass is 9.67. The first kappa shape index (κ1) is 25.3. The Morgan fingerprint density at radius 1 is 1.00 bits per heavy atom. The predicted molar refractivity (Wildman–Crippen MR) is 136 cm³/mol. The number of para-hydroxylation sites is 1. The quantitative estimate of drug-likeness (QED) is 0.228. The number of hydrogen-bond acceptors (Lipinski definition) is 2. The third-order valence-corrected chi connectivity index (χ3v) is 10.1. The maximum Gasteiger partial charge on any atom is 0.312 e. The third-order valence-electron chi connectivity index (χ3n) is 6.95. The molecule has 0 saturated heterocycles. The molecule has 0 fully saturated rings. The van der Waals surface area contributed by atoms with Crippen LogP contribution in [0, 0.1) is 5.41 Å². The predicted octanol–water partition coefficient (Wildman–Crippen LogP) is 6.69. The normalized spacial score (nSPS) is 16.8. The van der Waals surface area contributed by atoms with Crippen molar-refractivity contribution in [2.45, 2.75) is 70.9 Å². The molecule has 0 amide bonds. The standard InChI is InChI=1S/C27H36NO4P/c1-5-6-7-13-18-27(26(2,3)4,24(25(29)30)20-14-9-8-10-15-20)33(31,32)23-19-21-16-11-12-17-22(21)28-23/h8-12,14-17,19,24,28H,5-7,13,18H2,1-4H3,(H,29,30)(H,31,32). The van der Waals surface area contributed by atoms with Gasteiger partial charge in [0.15, 0.2) is 0 Å². The molecule has 1 heterocycles. The minimum atomic E-state index is -4.24. The Kier molecular flexibility index (Phi) is 7.55. The first-order chi connectivity index (χ1) is 15.6. The minimum Gasteiger partial charge on any atom is -0.481 e. The average Bonchev–Trinajstić information content (AvgIpc) is 3.20. The molecular weight excluding hydrogens is 433 g/mol. The Morgan fingerprint density at radius 3 is 2.21 bits per heavy atom. The number of fused-ring (bicyclic) bond motifs is 1. The van der Waals surface area contributed by atoms with Crippen molar-refractivity contribution in [1.29, 1.82) is 0 Å². The Morgan fingerprint density at radius 2 is 1.64 bits per heavy atom. The molecule has 1 aromatic heterocycles. The Bertz CT molecular complexity index is 1100. The fourth-order valence-corrected chi connectivity index (χ4v) is 8.26. The summed E-state index contributed by atoms with van der Waals surface area (Å²) in [5, 5.41) is 9.96. The smallest absolute Gasteiger partial charge is 0.312 e. The van der Waals surface area contributed by atoms with Crippen LogP contribution >= 0.6 is 7.37 Å². The van der Waals surface area contributed by atoms with Gasteiger partial charge in [-0.25, -0.2) is 0 Å². The van der Waals surface area contributed by atoms with Gasteiger partial charge in [-0.2, -0.15) is 0 Å². The summed E-state index contributed by atoms with van der Waals surface area (Å²) in [6.45, 7) is 7.81. The molecule has 3 rings (SSSR count). The molecule has 3 aromatic rings. The zero-order valence-electron chi connectivity index (χ0n) is 20.0. The van der Waals surface area contributed by atoms with E-state index >= 15 is 0 Å². The van der Waals surface area contributed by atoms with E-state index in [1.54, 1.807) is 30.3 Å². The van der Waals surface area contributed by atoms with Crippen LogP contribution in [0.2, 0.25) is 0 Å². The van der Waals surface area contributed by atoms with E-state index in [2.05, 4.69) is 11.9 Å². The highest BCUT2D eigenvalue weighted by atomic mass is 31.2. The summed E-state index contributed by atoms with van der Waals surface area (Å²) in [6.07, 6.45) is 3.95. The highest BCUT2D eigenvalue weighted by molar-refractivity contribution is 7.67. The summed E-state index contributed by atoms with van der Waals surface area (Å²) in [6, 6.07) is 18.2. The average molecular weight is 470 g/mol. The van der Waals surface area contributed by atoms with Crippen LogP contribution in [0.1, 0.15) is 71.3 Å². The minimum absolute atomic E-state index is 0.219. The largest absolute Gasteiger partial charge is 0.481 e. The van der Waals surface area contributed by atoms with Crippen molar-refractivity contribution in [1.82, 2.24) is 4.98 Å². The first-order valence-corrected chi connectivity index (χ1v) is 13.4. The molecule has 0 spiro atoms. The van der Waals surface area contributed by atoms with Crippen LogP contribution in [-0.2, 0) is 9.36 Å². The number of carbonyl (C=O) groups is 1. The van der Waals surface area contributed by atoms with Crippen molar-refractivity contribution in [3.8, 4) is 0 Å². The van der Waals surface area contributed by atoms with Crippen molar-refractivity contribution in [2.24, 2.45) is 5.41 Å². The molecule has 33 heavy (non-hydrogen) atoms. The van der Waals surface area contributed by atoms with Crippen molar-refractivity contribution < 1.29 is 19.4 Å². The second-order valence-electron chi connectivity index (χ2n) is 9.98. The highest BCUT2D eigenvalue weighted by Crippen LogP contribution is 2.68. The molecule has 0 radical (unpaired) electrons. The van der Waals surface area contributed by atoms with E-state index < -0.39 is 29.8 Å². The number of aromatic amines is 1. The van der Waals surface area contributed by atoms with E-state index in [4.69, 9.17) is 0 Å². The number of unbranched alkanes of at least 4 members (excludes halogenated alkanes) is 3. The second kappa shape index (κ2) is 9.87. The molecule has 0 aliphatic carbocycles. The molecule has 0 bridgehead atoms. The van der Waals surface area contributed by atoms with Gasteiger partial charge in [-0.15, -0.1) is 0 Å². The third kappa shape index (κ3) is 4.67. The van der Waals surface area contributed by atoms with Gasteiger partial charge < -0.3 is 15.0 Å². The van der Waals surface area contributed by atoms with Crippen LogP contribution in [0.4, 0.5) is 0 Å². The number of hydrogen-bond donors (Lipinski definition) is 3. The topological polar surface area (TPSA) is 90.4 Å². The number of nitrogens with one attached hydrogen (secondary N) is 1. The van der Waals surface area contributed by atoms with Crippen molar-refractivity contribution in [3.05, 3.63) is 66.2 Å². The Hall–Kier alpha value is -2.36. The summed E-state index contributed by atoms with van der Waals surface area (Å²) in [7, 11) is -4.24. The van der Waals surface area contributed by atoms with E-state index in [0.29, 0.717) is 18.4 Å². The summed E-state index contributed by atoms with van der Waals surface area (Å²) >= 11 is 0. The molecule has 178 valence electrons. The van der Waals surface area contributed by atoms with Crippen LogP contribution in [0.5, 0.6) is 0 Å². The summed E-state index contributed by atoms with van der Waals surface area (Å²) in [4.78, 5) is 28.1. The van der Waals surface area contributed by atoms with E-state index in [0.717, 1.165) is 30.2 Å². The fourth-order valence-electron chi connectivity index (χ4n) is 5.26. The molecule has 0 aliphatic rings. The van der Waals surface area contributed by atoms with Crippen molar-refractivity contribution >= 4 is 29.7 Å². The SMILES string of the molecule is CCCCCCC(C(C(=O)O)c1ccccc1)(C(C)(C)C)P(=O)(O)c1cc2ccccc2[nH]1. The van der Waals surface area contributed by atoms with Gasteiger partial charge in [0.1, 0.15) is 5.44 Å². The van der Waals surface area contributed by atoms with E-state index in [1.807, 2.05) is 51.1 Å². The van der Waals surface area contributed by atoms with Gasteiger partial charge in [0.2, 0.25) is 0 Å². The maximum atomic E-state index is 14.7. The second-order valence-corrected chi connectivity index (χ2v) is 12.4. The lowest BCUT2D eigenvalue weighted by molar-refractivity contribution is -0.141. The van der Waals surface area contributed by atoms with Gasteiger partial charge in [-0.3, -0.25) is 9.36 Å². The molecule has 3 atom stereocenters. The van der Waals surface area contributed by atoms with E-state index in [1.165, 1.54) is 0 Å². The van der Waals surface area contributed by atoms with Crippen LogP contribution in [-0.4, -0.2) is 26.1 Å². The lowest BCUT2D eigenvalue weighted by Crippen LogP contribution is -2.52. The molecule has 0 aliphatic heterocycles. The molecule has 6 heteroatoms. The molecule has 3 N–H and O–H groups in total. The number of aliphatic carboxylic acids is 1. The van der Waals surface area contributed by atoms with Crippen LogP contribution in [0.15, 0.2) is 60.7 Å². The number of aromatic nitrogens is 1. The van der Waals surface area contributed by atoms with Gasteiger partial charge in [0.25, 0.3) is 7.37 Å². The van der Waals surface area contributed by atoms with Crippen LogP contribution in [0.3, 0.4) is 0 Å². The molecule has 3 unspecified atom stereocenters. The zero-order valence-corrected chi connectivity index (χ0v) is 20.9. The molecule has 2 aromatic carbocycles. The number of rotatable bonds is 10. The summed E-state index contributed by atoms with van der Waals surface area (Å²) in [5.74, 6) is -2.21. The monoisotopic (exact) mass is 469 g/mol. The first-order valence-electron chi connectivity index (χ1n) is 11.7. The Balaban J connectivity index is 2.29. The highest BCUT2D eigenvalue weighted by Gasteiger charge is 2.63. The summed E-state index contributed by atoms with van der Waals surface area (Å²) in [5.41, 5.74) is 0.763. The summed E-state index contributed by atoms with van der Waals surface area (Å²) < 4.78 is 14.7. The van der Waals surface area contributed by atoms with Gasteiger partial charge >= 0.3 is 5.97 Å². The number of carboxylic acid groups (broad SMARTS) is 1. The fraction of sp³-hybridized carbons (Fsp3) is 0.444. The number of H-pyrrole nitrogens is 1. The molecule has 5 nitrogen and oxygen atoms in total. The van der Waals surface area contributed by atoms with Gasteiger partial charge in [-0.05, 0) is 29.5 Å². The van der Waals surface area contributed by atoms with E-state index in [9.17, 15) is 19.4 Å². The number of benzene rings is 2. The number of carboxylic acids is 1. The van der Waals surface area contributed by atoms with Crippen LogP contribution in [0.25, 0.3) is 10.9 Å². The van der Waals surface area contributed by atoms with Crippen LogP contribution < -0.4 is 5.44 Å². The van der Waals surface area contributed by atoms with E-state index in [-0.39, 0.29) is 5.44 Å². The van der Waals surface area contributed by atoms with Gasteiger partial charge in [0.05, 0.1) is 11.1 Å². The van der Waals surface area contributed by atoms with Gasteiger partial charge in [-0.1, -0.05) is 102 Å². The lowest BCUT2D eigenvalue weighted by Gasteiger charge is -2.50. The Labute approximate surface area is 196 Å². The maximum absolute atomic E-state index is 14.7. The van der Waals surface area contributed by atoms with Crippen molar-refractivity contribution in [2.75, 3.05) is 0 Å². The molecular formula is C27H36NO4P.